The summed E-state index contributed by atoms with van der Waals surface area (Å²) in [5, 5.41) is 1.69. The molecular formula is C12H10F6N2O3S. The number of hydrogen-bond acceptors (Lipinski definition) is 3. The Bertz CT molecular complexity index is 757. The van der Waals surface area contributed by atoms with Crippen LogP contribution < -0.4 is 10.0 Å². The highest BCUT2D eigenvalue weighted by Crippen LogP contribution is 2.29. The lowest BCUT2D eigenvalue weighted by atomic mass is 9.95. The van der Waals surface area contributed by atoms with Crippen LogP contribution in [0.2, 0.25) is 0 Å². The van der Waals surface area contributed by atoms with Crippen molar-refractivity contribution in [2.75, 3.05) is 6.54 Å². The molecule has 1 atom stereocenters. The normalized spacial score (nSPS) is 18.9. The van der Waals surface area contributed by atoms with E-state index < -0.39 is 52.2 Å². The molecule has 0 fully saturated rings. The van der Waals surface area contributed by atoms with Gasteiger partial charge in [-0.1, -0.05) is 6.07 Å². The molecule has 24 heavy (non-hydrogen) atoms. The Morgan fingerprint density at radius 1 is 1.17 bits per heavy atom. The summed E-state index contributed by atoms with van der Waals surface area (Å²) in [5.74, 6) is -1.15. The van der Waals surface area contributed by atoms with E-state index in [1.165, 1.54) is 4.72 Å². The standard InChI is InChI=1S/C12H10F6N2O3S/c13-11(14,15)5-19-24(22,23)7-2-1-6-3-9(12(16,17)18)20-10(21)8(6)4-7/h1-2,4,9,19H,3,5H2,(H,20,21). The Hall–Kier alpha value is -1.82. The average Bonchev–Trinajstić information content (AvgIpc) is 2.43. The van der Waals surface area contributed by atoms with Crippen LogP contribution in [-0.4, -0.2) is 39.3 Å². The average molecular weight is 376 g/mol. The molecule has 2 rings (SSSR count). The quantitative estimate of drug-likeness (QED) is 0.790. The van der Waals surface area contributed by atoms with Crippen LogP contribution >= 0.6 is 0 Å². The van der Waals surface area contributed by atoms with E-state index in [0.29, 0.717) is 0 Å². The third-order valence-corrected chi connectivity index (χ3v) is 4.62. The Morgan fingerprint density at radius 3 is 2.33 bits per heavy atom. The maximum Gasteiger partial charge on any atom is 0.408 e. The predicted molar refractivity (Wildman–Crippen MR) is 68.7 cm³/mol. The summed E-state index contributed by atoms with van der Waals surface area (Å²) in [6, 6.07) is 0.470. The SMILES string of the molecule is O=C1NC(C(F)(F)F)Cc2ccc(S(=O)(=O)NCC(F)(F)F)cc21. The number of nitrogens with one attached hydrogen (secondary N) is 2. The summed E-state index contributed by atoms with van der Waals surface area (Å²) in [6.07, 6.45) is -10.0. The van der Waals surface area contributed by atoms with Gasteiger partial charge >= 0.3 is 12.4 Å². The Labute approximate surface area is 132 Å². The minimum Gasteiger partial charge on any atom is -0.340 e. The highest BCUT2D eigenvalue weighted by molar-refractivity contribution is 7.89. The molecule has 0 bridgehead atoms. The zero-order chi connectivity index (χ0) is 18.3. The number of fused-ring (bicyclic) bond motifs is 1. The highest BCUT2D eigenvalue weighted by atomic mass is 32.2. The van der Waals surface area contributed by atoms with Crippen LogP contribution in [0.25, 0.3) is 0 Å². The van der Waals surface area contributed by atoms with E-state index in [1.807, 2.05) is 0 Å². The van der Waals surface area contributed by atoms with E-state index in [0.717, 1.165) is 18.2 Å². The van der Waals surface area contributed by atoms with Crippen LogP contribution in [0.1, 0.15) is 15.9 Å². The van der Waals surface area contributed by atoms with Crippen molar-refractivity contribution in [2.24, 2.45) is 0 Å². The third-order valence-electron chi connectivity index (χ3n) is 3.22. The summed E-state index contributed by atoms with van der Waals surface area (Å²) < 4.78 is 99.1. The van der Waals surface area contributed by atoms with Gasteiger partial charge in [-0.3, -0.25) is 4.79 Å². The molecule has 0 radical (unpaired) electrons. The first-order valence-corrected chi connectivity index (χ1v) is 7.85. The molecule has 1 amide bonds. The second-order valence-electron chi connectivity index (χ2n) is 5.03. The molecular weight excluding hydrogens is 366 g/mol. The van der Waals surface area contributed by atoms with Gasteiger partial charge in [0.1, 0.15) is 12.6 Å². The molecule has 0 spiro atoms. The number of benzene rings is 1. The maximum atomic E-state index is 12.7. The molecule has 134 valence electrons. The molecule has 1 aliphatic heterocycles. The number of sulfonamides is 1. The second kappa shape index (κ2) is 5.92. The lowest BCUT2D eigenvalue weighted by molar-refractivity contribution is -0.153. The van der Waals surface area contributed by atoms with Gasteiger partial charge in [0.05, 0.1) is 4.90 Å². The van der Waals surface area contributed by atoms with Crippen LogP contribution in [0.15, 0.2) is 23.1 Å². The van der Waals surface area contributed by atoms with Crippen molar-refractivity contribution < 1.29 is 39.6 Å². The van der Waals surface area contributed by atoms with Crippen molar-refractivity contribution in [3.63, 3.8) is 0 Å². The number of halogens is 6. The van der Waals surface area contributed by atoms with E-state index in [-0.39, 0.29) is 11.1 Å². The van der Waals surface area contributed by atoms with Crippen LogP contribution in [0, 0.1) is 0 Å². The van der Waals surface area contributed by atoms with Crippen molar-refractivity contribution in [3.8, 4) is 0 Å². The fourth-order valence-corrected chi connectivity index (χ4v) is 3.12. The summed E-state index contributed by atoms with van der Waals surface area (Å²) in [7, 11) is -4.56. The molecule has 0 saturated carbocycles. The van der Waals surface area contributed by atoms with Crippen molar-refractivity contribution in [3.05, 3.63) is 29.3 Å². The summed E-state index contributed by atoms with van der Waals surface area (Å²) in [4.78, 5) is 11.1. The van der Waals surface area contributed by atoms with Gasteiger partial charge in [-0.25, -0.2) is 13.1 Å². The van der Waals surface area contributed by atoms with Gasteiger partial charge in [0.2, 0.25) is 10.0 Å². The minimum atomic E-state index is -4.78. The number of carbonyl (C=O) groups is 1. The Kier molecular flexibility index (Phi) is 4.57. The molecule has 1 aromatic carbocycles. The zero-order valence-electron chi connectivity index (χ0n) is 11.6. The summed E-state index contributed by atoms with van der Waals surface area (Å²) in [5.41, 5.74) is -0.374. The lowest BCUT2D eigenvalue weighted by Gasteiger charge is -2.27. The fourth-order valence-electron chi connectivity index (χ4n) is 2.08. The van der Waals surface area contributed by atoms with Gasteiger partial charge in [-0.05, 0) is 17.7 Å². The molecule has 12 heteroatoms. The highest BCUT2D eigenvalue weighted by Gasteiger charge is 2.43. The zero-order valence-corrected chi connectivity index (χ0v) is 12.4. The van der Waals surface area contributed by atoms with Gasteiger partial charge in [0, 0.05) is 12.0 Å². The van der Waals surface area contributed by atoms with Crippen LogP contribution in [0.5, 0.6) is 0 Å². The lowest BCUT2D eigenvalue weighted by Crippen LogP contribution is -2.50. The van der Waals surface area contributed by atoms with E-state index >= 15 is 0 Å². The molecule has 1 aliphatic rings. The summed E-state index contributed by atoms with van der Waals surface area (Å²) in [6.45, 7) is -1.81. The second-order valence-corrected chi connectivity index (χ2v) is 6.80. The van der Waals surface area contributed by atoms with Crippen molar-refractivity contribution in [1.29, 1.82) is 0 Å². The van der Waals surface area contributed by atoms with E-state index in [9.17, 15) is 39.6 Å². The van der Waals surface area contributed by atoms with Gasteiger partial charge in [0.15, 0.2) is 0 Å². The number of amides is 1. The minimum absolute atomic E-state index is 0.0455. The third kappa shape index (κ3) is 4.17. The van der Waals surface area contributed by atoms with Crippen LogP contribution in [0.4, 0.5) is 26.3 Å². The largest absolute Gasteiger partial charge is 0.408 e. The first-order valence-electron chi connectivity index (χ1n) is 6.36. The maximum absolute atomic E-state index is 12.7. The monoisotopic (exact) mass is 376 g/mol. The van der Waals surface area contributed by atoms with Crippen molar-refractivity contribution >= 4 is 15.9 Å². The molecule has 0 aromatic heterocycles. The van der Waals surface area contributed by atoms with Crippen molar-refractivity contribution in [2.45, 2.75) is 29.7 Å². The van der Waals surface area contributed by atoms with E-state index in [1.54, 1.807) is 5.32 Å². The summed E-state index contributed by atoms with van der Waals surface area (Å²) >= 11 is 0. The van der Waals surface area contributed by atoms with Gasteiger partial charge in [-0.2, -0.15) is 26.3 Å². The van der Waals surface area contributed by atoms with Gasteiger partial charge in [0.25, 0.3) is 5.91 Å². The number of rotatable bonds is 3. The molecule has 2 N–H and O–H groups in total. The number of carbonyl (C=O) groups excluding carboxylic acids is 1. The molecule has 1 heterocycles. The van der Waals surface area contributed by atoms with Crippen LogP contribution in [0.3, 0.4) is 0 Å². The predicted octanol–water partition coefficient (Wildman–Crippen LogP) is 1.74. The molecule has 5 nitrogen and oxygen atoms in total. The Balaban J connectivity index is 2.30. The topological polar surface area (TPSA) is 75.3 Å². The molecule has 1 unspecified atom stereocenters. The number of hydrogen-bond donors (Lipinski definition) is 2. The van der Waals surface area contributed by atoms with Gasteiger partial charge < -0.3 is 5.32 Å². The van der Waals surface area contributed by atoms with E-state index in [4.69, 9.17) is 0 Å². The first kappa shape index (κ1) is 18.5. The molecule has 0 aliphatic carbocycles. The Morgan fingerprint density at radius 2 is 1.79 bits per heavy atom. The van der Waals surface area contributed by atoms with Gasteiger partial charge in [-0.15, -0.1) is 0 Å². The van der Waals surface area contributed by atoms with Crippen LogP contribution in [-0.2, 0) is 16.4 Å². The molecule has 0 saturated heterocycles. The van der Waals surface area contributed by atoms with Crippen molar-refractivity contribution in [1.82, 2.24) is 10.0 Å². The molecule has 1 aromatic rings. The first-order chi connectivity index (χ1) is 10.8. The number of alkyl halides is 6. The smallest absolute Gasteiger partial charge is 0.340 e. The van der Waals surface area contributed by atoms with E-state index in [2.05, 4.69) is 0 Å². The fraction of sp³-hybridized carbons (Fsp3) is 0.417.